The molecule has 0 fully saturated rings. The van der Waals surface area contributed by atoms with Crippen molar-refractivity contribution >= 4 is 22.6 Å². The molecule has 0 saturated carbocycles. The van der Waals surface area contributed by atoms with E-state index in [9.17, 15) is 5.11 Å². The SMILES string of the molecule is COC(OC)C(C)(O)Cc1ccc(I)cc1. The van der Waals surface area contributed by atoms with Gasteiger partial charge in [-0.2, -0.15) is 0 Å². The summed E-state index contributed by atoms with van der Waals surface area (Å²) in [7, 11) is 3.05. The zero-order valence-corrected chi connectivity index (χ0v) is 11.9. The van der Waals surface area contributed by atoms with Gasteiger partial charge in [-0.3, -0.25) is 0 Å². The summed E-state index contributed by atoms with van der Waals surface area (Å²) in [5.41, 5.74) is 0.0283. The molecule has 0 aliphatic rings. The maximum absolute atomic E-state index is 10.2. The molecule has 1 aromatic carbocycles. The van der Waals surface area contributed by atoms with Gasteiger partial charge in [0.1, 0.15) is 5.60 Å². The van der Waals surface area contributed by atoms with E-state index >= 15 is 0 Å². The minimum absolute atomic E-state index is 0.496. The van der Waals surface area contributed by atoms with Crippen LogP contribution in [0.15, 0.2) is 24.3 Å². The summed E-state index contributed by atoms with van der Waals surface area (Å²) in [5.74, 6) is 0. The summed E-state index contributed by atoms with van der Waals surface area (Å²) in [6.07, 6.45) is -0.122. The average molecular weight is 336 g/mol. The molecule has 16 heavy (non-hydrogen) atoms. The normalized spacial score (nSPS) is 15.1. The van der Waals surface area contributed by atoms with Crippen LogP contribution >= 0.6 is 22.6 Å². The van der Waals surface area contributed by atoms with Gasteiger partial charge in [0, 0.05) is 24.2 Å². The zero-order chi connectivity index (χ0) is 12.2. The minimum atomic E-state index is -1.03. The van der Waals surface area contributed by atoms with Gasteiger partial charge >= 0.3 is 0 Å². The lowest BCUT2D eigenvalue weighted by molar-refractivity contribution is -0.207. The Morgan fingerprint density at radius 1 is 1.25 bits per heavy atom. The maximum Gasteiger partial charge on any atom is 0.185 e. The second kappa shape index (κ2) is 5.95. The molecule has 0 heterocycles. The average Bonchev–Trinajstić information content (AvgIpc) is 2.22. The Labute approximate surface area is 110 Å². The highest BCUT2D eigenvalue weighted by Crippen LogP contribution is 2.20. The number of rotatable bonds is 5. The van der Waals surface area contributed by atoms with E-state index in [4.69, 9.17) is 9.47 Å². The number of aliphatic hydroxyl groups is 1. The molecule has 0 aromatic heterocycles. The molecule has 1 rings (SSSR count). The molecule has 0 bridgehead atoms. The smallest absolute Gasteiger partial charge is 0.185 e. The number of methoxy groups -OCH3 is 2. The molecular formula is C12H17IO3. The van der Waals surface area contributed by atoms with Gasteiger partial charge in [0.05, 0.1) is 0 Å². The summed E-state index contributed by atoms with van der Waals surface area (Å²) in [5, 5.41) is 10.2. The van der Waals surface area contributed by atoms with Gasteiger partial charge in [0.15, 0.2) is 6.29 Å². The molecule has 3 nitrogen and oxygen atoms in total. The molecule has 0 amide bonds. The summed E-state index contributed by atoms with van der Waals surface area (Å²) >= 11 is 2.25. The third kappa shape index (κ3) is 3.69. The van der Waals surface area contributed by atoms with Crippen LogP contribution in [0, 0.1) is 3.57 Å². The standard InChI is InChI=1S/C12H17IO3/c1-12(14,11(15-2)16-3)8-9-4-6-10(13)7-5-9/h4-7,11,14H,8H2,1-3H3. The van der Waals surface area contributed by atoms with Crippen LogP contribution in [0.3, 0.4) is 0 Å². The first kappa shape index (κ1) is 13.9. The molecule has 4 heteroatoms. The third-order valence-electron chi connectivity index (χ3n) is 2.41. The van der Waals surface area contributed by atoms with E-state index in [-0.39, 0.29) is 0 Å². The van der Waals surface area contributed by atoms with Crippen molar-refractivity contribution in [3.63, 3.8) is 0 Å². The van der Waals surface area contributed by atoms with Crippen LogP contribution in [0.2, 0.25) is 0 Å². The fourth-order valence-corrected chi connectivity index (χ4v) is 2.06. The highest BCUT2D eigenvalue weighted by molar-refractivity contribution is 14.1. The lowest BCUT2D eigenvalue weighted by Crippen LogP contribution is -2.43. The number of hydrogen-bond donors (Lipinski definition) is 1. The van der Waals surface area contributed by atoms with Gasteiger partial charge in [-0.15, -0.1) is 0 Å². The van der Waals surface area contributed by atoms with Crippen molar-refractivity contribution in [1.82, 2.24) is 0 Å². The number of ether oxygens (including phenoxy) is 2. The van der Waals surface area contributed by atoms with Crippen LogP contribution in [0.1, 0.15) is 12.5 Å². The second-order valence-corrected chi connectivity index (χ2v) is 5.21. The van der Waals surface area contributed by atoms with E-state index < -0.39 is 11.9 Å². The summed E-state index contributed by atoms with van der Waals surface area (Å²) < 4.78 is 11.3. The van der Waals surface area contributed by atoms with E-state index in [1.165, 1.54) is 17.8 Å². The van der Waals surface area contributed by atoms with E-state index in [1.807, 2.05) is 24.3 Å². The van der Waals surface area contributed by atoms with Crippen LogP contribution in [0.25, 0.3) is 0 Å². The van der Waals surface area contributed by atoms with Crippen molar-refractivity contribution in [2.24, 2.45) is 0 Å². The number of hydrogen-bond acceptors (Lipinski definition) is 3. The lowest BCUT2D eigenvalue weighted by atomic mass is 9.96. The molecule has 0 saturated heterocycles. The fraction of sp³-hybridized carbons (Fsp3) is 0.500. The highest BCUT2D eigenvalue weighted by Gasteiger charge is 2.32. The summed E-state index contributed by atoms with van der Waals surface area (Å²) in [6, 6.07) is 8.03. The predicted octanol–water partition coefficient (Wildman–Crippen LogP) is 2.20. The third-order valence-corrected chi connectivity index (χ3v) is 3.13. The molecule has 0 aliphatic carbocycles. The Hall–Kier alpha value is -0.170. The molecule has 1 atom stereocenters. The monoisotopic (exact) mass is 336 g/mol. The summed E-state index contributed by atoms with van der Waals surface area (Å²) in [6.45, 7) is 1.71. The predicted molar refractivity (Wildman–Crippen MR) is 71.3 cm³/mol. The van der Waals surface area contributed by atoms with Crippen LogP contribution < -0.4 is 0 Å². The van der Waals surface area contributed by atoms with Gasteiger partial charge in [-0.1, -0.05) is 12.1 Å². The maximum atomic E-state index is 10.2. The Morgan fingerprint density at radius 2 is 1.75 bits per heavy atom. The molecule has 1 unspecified atom stereocenters. The van der Waals surface area contributed by atoms with Crippen LogP contribution in [-0.4, -0.2) is 31.2 Å². The molecule has 1 aromatic rings. The lowest BCUT2D eigenvalue weighted by Gasteiger charge is -2.30. The Kier molecular flexibility index (Phi) is 5.17. The minimum Gasteiger partial charge on any atom is -0.385 e. The molecule has 0 aliphatic heterocycles. The van der Waals surface area contributed by atoms with Crippen LogP contribution in [-0.2, 0) is 15.9 Å². The van der Waals surface area contributed by atoms with Crippen LogP contribution in [0.5, 0.6) is 0 Å². The molecule has 90 valence electrons. The topological polar surface area (TPSA) is 38.7 Å². The highest BCUT2D eigenvalue weighted by atomic mass is 127. The van der Waals surface area contributed by atoms with E-state index in [0.29, 0.717) is 6.42 Å². The Morgan fingerprint density at radius 3 is 2.19 bits per heavy atom. The van der Waals surface area contributed by atoms with Crippen molar-refractivity contribution in [2.75, 3.05) is 14.2 Å². The Bertz CT molecular complexity index is 318. The zero-order valence-electron chi connectivity index (χ0n) is 9.74. The van der Waals surface area contributed by atoms with Crippen molar-refractivity contribution in [2.45, 2.75) is 25.2 Å². The summed E-state index contributed by atoms with van der Waals surface area (Å²) in [4.78, 5) is 0. The quantitative estimate of drug-likeness (QED) is 0.662. The number of benzene rings is 1. The van der Waals surface area contributed by atoms with Crippen LogP contribution in [0.4, 0.5) is 0 Å². The van der Waals surface area contributed by atoms with Gasteiger partial charge in [0.25, 0.3) is 0 Å². The molecule has 0 spiro atoms. The Balaban J connectivity index is 2.75. The van der Waals surface area contributed by atoms with Crippen molar-refractivity contribution < 1.29 is 14.6 Å². The van der Waals surface area contributed by atoms with Crippen molar-refractivity contribution in [3.05, 3.63) is 33.4 Å². The first-order valence-corrected chi connectivity index (χ1v) is 6.10. The van der Waals surface area contributed by atoms with E-state index in [0.717, 1.165) is 5.56 Å². The number of halogens is 1. The van der Waals surface area contributed by atoms with Gasteiger partial charge < -0.3 is 14.6 Å². The van der Waals surface area contributed by atoms with E-state index in [2.05, 4.69) is 22.6 Å². The van der Waals surface area contributed by atoms with Gasteiger partial charge in [0.2, 0.25) is 0 Å². The first-order valence-electron chi connectivity index (χ1n) is 5.02. The molecular weight excluding hydrogens is 319 g/mol. The van der Waals surface area contributed by atoms with Gasteiger partial charge in [-0.05, 0) is 47.2 Å². The second-order valence-electron chi connectivity index (χ2n) is 3.96. The molecule has 1 N–H and O–H groups in total. The largest absolute Gasteiger partial charge is 0.385 e. The van der Waals surface area contributed by atoms with Gasteiger partial charge in [-0.25, -0.2) is 0 Å². The van der Waals surface area contributed by atoms with Crippen molar-refractivity contribution in [1.29, 1.82) is 0 Å². The first-order chi connectivity index (χ1) is 7.49. The molecule has 0 radical (unpaired) electrons. The fourth-order valence-electron chi connectivity index (χ4n) is 1.70. The van der Waals surface area contributed by atoms with E-state index in [1.54, 1.807) is 6.92 Å². The van der Waals surface area contributed by atoms with Crippen molar-refractivity contribution in [3.8, 4) is 0 Å².